The molecule has 0 aliphatic carbocycles. The summed E-state index contributed by atoms with van der Waals surface area (Å²) in [6, 6.07) is 1.86. The van der Waals surface area contributed by atoms with Gasteiger partial charge in [0, 0.05) is 19.2 Å². The number of anilines is 2. The van der Waals surface area contributed by atoms with E-state index in [0.29, 0.717) is 17.1 Å². The molecule has 0 radical (unpaired) electrons. The third kappa shape index (κ3) is 3.96. The van der Waals surface area contributed by atoms with E-state index in [0.717, 1.165) is 25.9 Å². The maximum Gasteiger partial charge on any atom is 0.319 e. The second kappa shape index (κ2) is 7.18. The smallest absolute Gasteiger partial charge is 0.319 e. The molecule has 3 rings (SSSR count). The van der Waals surface area contributed by atoms with Gasteiger partial charge < -0.3 is 25.6 Å². The molecule has 3 N–H and O–H groups in total. The molecule has 0 aromatic heterocycles. The molecule has 8 nitrogen and oxygen atoms in total. The van der Waals surface area contributed by atoms with Crippen LogP contribution < -0.4 is 20.7 Å². The molecule has 1 saturated heterocycles. The molecular weight excluding hydrogens is 348 g/mol. The van der Waals surface area contributed by atoms with Crippen LogP contribution in [0.1, 0.15) is 19.8 Å². The first-order valence-electron chi connectivity index (χ1n) is 8.06. The highest BCUT2D eigenvalue weighted by Crippen LogP contribution is 2.36. The number of nitrogens with one attached hydrogen (secondary N) is 3. The molecule has 1 aromatic rings. The van der Waals surface area contributed by atoms with Crippen molar-refractivity contribution in [3.63, 3.8) is 0 Å². The first-order chi connectivity index (χ1) is 11.9. The molecular formula is C16H19ClN4O4. The van der Waals surface area contributed by atoms with Crippen molar-refractivity contribution in [1.82, 2.24) is 10.2 Å². The van der Waals surface area contributed by atoms with E-state index in [2.05, 4.69) is 16.0 Å². The maximum atomic E-state index is 12.2. The summed E-state index contributed by atoms with van der Waals surface area (Å²) in [7, 11) is 0. The number of halogens is 1. The number of benzene rings is 1. The number of rotatable bonds is 3. The zero-order valence-corrected chi connectivity index (χ0v) is 14.5. The van der Waals surface area contributed by atoms with E-state index in [4.69, 9.17) is 16.3 Å². The quantitative estimate of drug-likeness (QED) is 0.759. The number of likely N-dealkylation sites (tertiary alicyclic amines) is 1. The Morgan fingerprint density at radius 3 is 2.76 bits per heavy atom. The lowest BCUT2D eigenvalue weighted by Gasteiger charge is -2.22. The summed E-state index contributed by atoms with van der Waals surface area (Å²) in [6.07, 6.45) is 1.98. The normalized spacial score (nSPS) is 17.2. The van der Waals surface area contributed by atoms with Crippen LogP contribution in [-0.4, -0.2) is 48.5 Å². The highest BCUT2D eigenvalue weighted by Gasteiger charge is 2.25. The summed E-state index contributed by atoms with van der Waals surface area (Å²) < 4.78 is 5.30. The van der Waals surface area contributed by atoms with Gasteiger partial charge in [0.1, 0.15) is 11.8 Å². The van der Waals surface area contributed by atoms with E-state index < -0.39 is 12.1 Å². The average molecular weight is 367 g/mol. The lowest BCUT2D eigenvalue weighted by atomic mass is 10.2. The summed E-state index contributed by atoms with van der Waals surface area (Å²) in [4.78, 5) is 37.4. The van der Waals surface area contributed by atoms with E-state index in [1.54, 1.807) is 11.8 Å². The molecule has 1 atom stereocenters. The number of ether oxygens (including phenoxy) is 1. The lowest BCUT2D eigenvalue weighted by Crippen LogP contribution is -2.47. The summed E-state index contributed by atoms with van der Waals surface area (Å²) in [5.41, 5.74) is 0.777. The molecule has 4 amide bonds. The largest absolute Gasteiger partial charge is 0.482 e. The van der Waals surface area contributed by atoms with Gasteiger partial charge in [-0.15, -0.1) is 0 Å². The highest BCUT2D eigenvalue weighted by atomic mass is 35.5. The van der Waals surface area contributed by atoms with Gasteiger partial charge in [0.05, 0.1) is 16.4 Å². The minimum absolute atomic E-state index is 0.0956. The van der Waals surface area contributed by atoms with Crippen LogP contribution in [-0.2, 0) is 9.59 Å². The topological polar surface area (TPSA) is 99.8 Å². The Morgan fingerprint density at radius 1 is 1.32 bits per heavy atom. The fourth-order valence-electron chi connectivity index (χ4n) is 2.82. The van der Waals surface area contributed by atoms with Crippen LogP contribution in [0.15, 0.2) is 12.1 Å². The second-order valence-electron chi connectivity index (χ2n) is 6.02. The fraction of sp³-hybridized carbons (Fsp3) is 0.438. The van der Waals surface area contributed by atoms with Crippen molar-refractivity contribution in [3.8, 4) is 5.75 Å². The van der Waals surface area contributed by atoms with Gasteiger partial charge in [-0.3, -0.25) is 9.59 Å². The van der Waals surface area contributed by atoms with Crippen LogP contribution in [0.3, 0.4) is 0 Å². The first kappa shape index (κ1) is 17.3. The van der Waals surface area contributed by atoms with E-state index in [1.165, 1.54) is 12.1 Å². The third-order valence-electron chi connectivity index (χ3n) is 4.09. The van der Waals surface area contributed by atoms with Crippen molar-refractivity contribution in [2.45, 2.75) is 25.8 Å². The van der Waals surface area contributed by atoms with Gasteiger partial charge in [0.25, 0.3) is 5.91 Å². The fourth-order valence-corrected chi connectivity index (χ4v) is 3.03. The number of urea groups is 1. The van der Waals surface area contributed by atoms with Gasteiger partial charge in [-0.25, -0.2) is 4.79 Å². The molecule has 1 aromatic carbocycles. The van der Waals surface area contributed by atoms with E-state index >= 15 is 0 Å². The minimum Gasteiger partial charge on any atom is -0.482 e. The molecule has 2 aliphatic rings. The Labute approximate surface area is 149 Å². The Bertz CT molecular complexity index is 718. The standard InChI is InChI=1S/C16H19ClN4O4/c1-9(15(23)21-4-2-3-5-21)18-16(24)20-11-7-13-12(6-10(11)17)19-14(22)8-25-13/h6-7,9H,2-5,8H2,1H3,(H,19,22)(H2,18,20,24). The number of hydrogen-bond acceptors (Lipinski definition) is 4. The predicted octanol–water partition coefficient (Wildman–Crippen LogP) is 1.80. The van der Waals surface area contributed by atoms with Crippen LogP contribution in [0, 0.1) is 0 Å². The minimum atomic E-state index is -0.634. The van der Waals surface area contributed by atoms with Gasteiger partial charge in [0.15, 0.2) is 6.61 Å². The van der Waals surface area contributed by atoms with Crippen molar-refractivity contribution in [2.75, 3.05) is 30.3 Å². The molecule has 2 aliphatic heterocycles. The Hall–Kier alpha value is -2.48. The van der Waals surface area contributed by atoms with E-state index in [9.17, 15) is 14.4 Å². The highest BCUT2D eigenvalue weighted by molar-refractivity contribution is 6.34. The number of hydrogen-bond donors (Lipinski definition) is 3. The van der Waals surface area contributed by atoms with Gasteiger partial charge in [-0.05, 0) is 25.8 Å². The summed E-state index contributed by atoms with van der Waals surface area (Å²) in [6.45, 7) is 3.01. The molecule has 9 heteroatoms. The van der Waals surface area contributed by atoms with Crippen LogP contribution in [0.5, 0.6) is 5.75 Å². The number of nitrogens with zero attached hydrogens (tertiary/aromatic N) is 1. The van der Waals surface area contributed by atoms with Crippen molar-refractivity contribution in [3.05, 3.63) is 17.2 Å². The summed E-state index contributed by atoms with van der Waals surface area (Å²) in [5.74, 6) is 0.0481. The Kier molecular flexibility index (Phi) is 4.98. The van der Waals surface area contributed by atoms with E-state index in [-0.39, 0.29) is 23.4 Å². The Balaban J connectivity index is 1.62. The molecule has 0 saturated carbocycles. The first-order valence-corrected chi connectivity index (χ1v) is 8.44. The number of fused-ring (bicyclic) bond motifs is 1. The van der Waals surface area contributed by atoms with Crippen molar-refractivity contribution >= 4 is 40.8 Å². The van der Waals surface area contributed by atoms with Gasteiger partial charge >= 0.3 is 6.03 Å². The second-order valence-corrected chi connectivity index (χ2v) is 6.42. The number of carbonyl (C=O) groups excluding carboxylic acids is 3. The van der Waals surface area contributed by atoms with Crippen LogP contribution >= 0.6 is 11.6 Å². The molecule has 0 bridgehead atoms. The van der Waals surface area contributed by atoms with Gasteiger partial charge in [0.2, 0.25) is 5.91 Å². The number of amides is 4. The number of carbonyl (C=O) groups is 3. The molecule has 134 valence electrons. The average Bonchev–Trinajstić information content (AvgIpc) is 3.09. The predicted molar refractivity (Wildman–Crippen MR) is 93.0 cm³/mol. The monoisotopic (exact) mass is 366 g/mol. The molecule has 2 heterocycles. The zero-order valence-electron chi connectivity index (χ0n) is 13.7. The molecule has 25 heavy (non-hydrogen) atoms. The third-order valence-corrected chi connectivity index (χ3v) is 4.40. The van der Waals surface area contributed by atoms with Crippen molar-refractivity contribution in [2.24, 2.45) is 0 Å². The molecule has 1 fully saturated rings. The molecule has 1 unspecified atom stereocenters. The summed E-state index contributed by atoms with van der Waals surface area (Å²) in [5, 5.41) is 8.09. The van der Waals surface area contributed by atoms with Crippen LogP contribution in [0.25, 0.3) is 0 Å². The lowest BCUT2D eigenvalue weighted by molar-refractivity contribution is -0.131. The Morgan fingerprint density at radius 2 is 2.04 bits per heavy atom. The van der Waals surface area contributed by atoms with Gasteiger partial charge in [-0.1, -0.05) is 11.6 Å². The van der Waals surface area contributed by atoms with Crippen LogP contribution in [0.4, 0.5) is 16.2 Å². The summed E-state index contributed by atoms with van der Waals surface area (Å²) >= 11 is 6.13. The maximum absolute atomic E-state index is 12.2. The van der Waals surface area contributed by atoms with E-state index in [1.807, 2.05) is 0 Å². The van der Waals surface area contributed by atoms with Crippen molar-refractivity contribution in [1.29, 1.82) is 0 Å². The SMILES string of the molecule is CC(NC(=O)Nc1cc2c(cc1Cl)NC(=O)CO2)C(=O)N1CCCC1. The van der Waals surface area contributed by atoms with Crippen molar-refractivity contribution < 1.29 is 19.1 Å². The van der Waals surface area contributed by atoms with Crippen LogP contribution in [0.2, 0.25) is 5.02 Å². The zero-order chi connectivity index (χ0) is 18.0. The van der Waals surface area contributed by atoms with Gasteiger partial charge in [-0.2, -0.15) is 0 Å². The molecule has 0 spiro atoms.